The first-order chi connectivity index (χ1) is 10.2. The summed E-state index contributed by atoms with van der Waals surface area (Å²) in [6.07, 6.45) is 7.60. The molecule has 1 aromatic rings. The van der Waals surface area contributed by atoms with E-state index >= 15 is 0 Å². The number of likely N-dealkylation sites (tertiary alicyclic amines) is 2. The molecule has 0 saturated carbocycles. The minimum atomic E-state index is 0.0232. The molecule has 116 valence electrons. The first-order valence-electron chi connectivity index (χ1n) is 8.03. The molecule has 0 aliphatic carbocycles. The van der Waals surface area contributed by atoms with Crippen molar-refractivity contribution in [1.82, 2.24) is 9.80 Å². The maximum absolute atomic E-state index is 12.3. The van der Waals surface area contributed by atoms with Crippen molar-refractivity contribution in [3.8, 4) is 0 Å². The van der Waals surface area contributed by atoms with Crippen LogP contribution in [0.25, 0.3) is 0 Å². The minimum Gasteiger partial charge on any atom is -0.444 e. The van der Waals surface area contributed by atoms with Gasteiger partial charge in [0.2, 0.25) is 0 Å². The number of halogens is 1. The largest absolute Gasteiger partial charge is 0.444 e. The van der Waals surface area contributed by atoms with Crippen molar-refractivity contribution in [3.05, 3.63) is 22.6 Å². The number of amides is 1. The standard InChI is InChI=1S/C16H23BrN2O2/c17-15-6-5-14(21-15)16(20)19-11-7-13(8-12-19)18-9-3-1-2-4-10-18/h5-6,13H,1-4,7-12H2. The molecule has 0 N–H and O–H groups in total. The van der Waals surface area contributed by atoms with Crippen molar-refractivity contribution in [3.63, 3.8) is 0 Å². The van der Waals surface area contributed by atoms with Crippen LogP contribution in [-0.2, 0) is 0 Å². The molecule has 2 saturated heterocycles. The molecular formula is C16H23BrN2O2. The predicted octanol–water partition coefficient (Wildman–Crippen LogP) is 3.52. The summed E-state index contributed by atoms with van der Waals surface area (Å²) in [5, 5.41) is 0. The minimum absolute atomic E-state index is 0.0232. The normalized spacial score (nSPS) is 22.2. The number of furan rings is 1. The van der Waals surface area contributed by atoms with Gasteiger partial charge in [-0.2, -0.15) is 0 Å². The first kappa shape index (κ1) is 15.1. The van der Waals surface area contributed by atoms with E-state index < -0.39 is 0 Å². The number of hydrogen-bond acceptors (Lipinski definition) is 3. The zero-order valence-electron chi connectivity index (χ0n) is 12.4. The molecule has 1 aromatic heterocycles. The summed E-state index contributed by atoms with van der Waals surface area (Å²) in [4.78, 5) is 16.9. The Hall–Kier alpha value is -0.810. The van der Waals surface area contributed by atoms with Crippen molar-refractivity contribution in [1.29, 1.82) is 0 Å². The van der Waals surface area contributed by atoms with Crippen molar-refractivity contribution in [2.45, 2.75) is 44.6 Å². The predicted molar refractivity (Wildman–Crippen MR) is 85.4 cm³/mol. The van der Waals surface area contributed by atoms with E-state index in [9.17, 15) is 4.79 Å². The fourth-order valence-electron chi connectivity index (χ4n) is 3.48. The van der Waals surface area contributed by atoms with Gasteiger partial charge in [-0.3, -0.25) is 4.79 Å². The summed E-state index contributed by atoms with van der Waals surface area (Å²) in [5.74, 6) is 0.463. The van der Waals surface area contributed by atoms with Crippen LogP contribution in [0, 0.1) is 0 Å². The number of nitrogens with zero attached hydrogens (tertiary/aromatic N) is 2. The molecule has 1 amide bonds. The van der Waals surface area contributed by atoms with E-state index in [4.69, 9.17) is 4.42 Å². The maximum Gasteiger partial charge on any atom is 0.289 e. The lowest BCUT2D eigenvalue weighted by Crippen LogP contribution is -2.47. The molecule has 5 heteroatoms. The van der Waals surface area contributed by atoms with Gasteiger partial charge in [0.1, 0.15) is 0 Å². The zero-order chi connectivity index (χ0) is 14.7. The first-order valence-corrected chi connectivity index (χ1v) is 8.82. The molecule has 0 aromatic carbocycles. The quantitative estimate of drug-likeness (QED) is 0.815. The Morgan fingerprint density at radius 2 is 1.71 bits per heavy atom. The second kappa shape index (κ2) is 6.97. The molecule has 0 bridgehead atoms. The Balaban J connectivity index is 1.53. The van der Waals surface area contributed by atoms with Crippen molar-refractivity contribution < 1.29 is 9.21 Å². The summed E-state index contributed by atoms with van der Waals surface area (Å²) in [5.41, 5.74) is 0. The van der Waals surface area contributed by atoms with Gasteiger partial charge in [-0.1, -0.05) is 12.8 Å². The average Bonchev–Trinajstić information content (AvgIpc) is 2.77. The summed E-state index contributed by atoms with van der Waals surface area (Å²) in [6.45, 7) is 4.17. The van der Waals surface area contributed by atoms with Gasteiger partial charge in [-0.25, -0.2) is 0 Å². The second-order valence-electron chi connectivity index (χ2n) is 6.08. The lowest BCUT2D eigenvalue weighted by Gasteiger charge is -2.37. The smallest absolute Gasteiger partial charge is 0.289 e. The molecule has 0 radical (unpaired) electrons. The van der Waals surface area contributed by atoms with Gasteiger partial charge < -0.3 is 14.2 Å². The molecule has 0 spiro atoms. The molecule has 2 aliphatic heterocycles. The highest BCUT2D eigenvalue weighted by atomic mass is 79.9. The van der Waals surface area contributed by atoms with Gasteiger partial charge in [0.15, 0.2) is 10.4 Å². The molecule has 2 fully saturated rings. The Labute approximate surface area is 134 Å². The molecule has 3 rings (SSSR count). The van der Waals surface area contributed by atoms with Crippen LogP contribution in [0.15, 0.2) is 21.2 Å². The van der Waals surface area contributed by atoms with E-state index in [-0.39, 0.29) is 5.91 Å². The molecule has 0 unspecified atom stereocenters. The molecule has 4 nitrogen and oxygen atoms in total. The number of piperidine rings is 1. The van der Waals surface area contributed by atoms with E-state index in [2.05, 4.69) is 20.8 Å². The van der Waals surface area contributed by atoms with E-state index in [1.807, 2.05) is 4.90 Å². The molecule has 21 heavy (non-hydrogen) atoms. The fraction of sp³-hybridized carbons (Fsp3) is 0.688. The zero-order valence-corrected chi connectivity index (χ0v) is 14.0. The maximum atomic E-state index is 12.3. The highest BCUT2D eigenvalue weighted by Crippen LogP contribution is 2.23. The van der Waals surface area contributed by atoms with Gasteiger partial charge in [-0.05, 0) is 66.8 Å². The molecular weight excluding hydrogens is 332 g/mol. The van der Waals surface area contributed by atoms with Gasteiger partial charge in [0.05, 0.1) is 0 Å². The number of rotatable bonds is 2. The summed E-state index contributed by atoms with van der Waals surface area (Å²) in [6, 6.07) is 4.18. The van der Waals surface area contributed by atoms with Crippen LogP contribution in [0.1, 0.15) is 49.1 Å². The lowest BCUT2D eigenvalue weighted by atomic mass is 10.0. The van der Waals surface area contributed by atoms with Crippen LogP contribution in [-0.4, -0.2) is 47.9 Å². The van der Waals surface area contributed by atoms with Crippen molar-refractivity contribution >= 4 is 21.8 Å². The van der Waals surface area contributed by atoms with Crippen LogP contribution in [0.5, 0.6) is 0 Å². The Morgan fingerprint density at radius 3 is 2.29 bits per heavy atom. The highest BCUT2D eigenvalue weighted by molar-refractivity contribution is 9.10. The van der Waals surface area contributed by atoms with Gasteiger partial charge in [0.25, 0.3) is 5.91 Å². The summed E-state index contributed by atoms with van der Waals surface area (Å²) >= 11 is 3.25. The van der Waals surface area contributed by atoms with Crippen LogP contribution in [0.2, 0.25) is 0 Å². The van der Waals surface area contributed by atoms with E-state index in [0.29, 0.717) is 16.5 Å². The van der Waals surface area contributed by atoms with Crippen molar-refractivity contribution in [2.75, 3.05) is 26.2 Å². The van der Waals surface area contributed by atoms with Gasteiger partial charge in [-0.15, -0.1) is 0 Å². The highest BCUT2D eigenvalue weighted by Gasteiger charge is 2.28. The third-order valence-electron chi connectivity index (χ3n) is 4.69. The van der Waals surface area contributed by atoms with E-state index in [1.165, 1.54) is 38.8 Å². The number of carbonyl (C=O) groups excluding carboxylic acids is 1. The monoisotopic (exact) mass is 354 g/mol. The Morgan fingerprint density at radius 1 is 1.05 bits per heavy atom. The number of hydrogen-bond donors (Lipinski definition) is 0. The van der Waals surface area contributed by atoms with Crippen molar-refractivity contribution in [2.24, 2.45) is 0 Å². The lowest BCUT2D eigenvalue weighted by molar-refractivity contribution is 0.0592. The number of carbonyl (C=O) groups is 1. The summed E-state index contributed by atoms with van der Waals surface area (Å²) in [7, 11) is 0. The van der Waals surface area contributed by atoms with Gasteiger partial charge >= 0.3 is 0 Å². The van der Waals surface area contributed by atoms with Gasteiger partial charge in [0, 0.05) is 19.1 Å². The third-order valence-corrected chi connectivity index (χ3v) is 5.12. The van der Waals surface area contributed by atoms with Crippen LogP contribution >= 0.6 is 15.9 Å². The third kappa shape index (κ3) is 3.69. The van der Waals surface area contributed by atoms with Crippen LogP contribution in [0.4, 0.5) is 0 Å². The van der Waals surface area contributed by atoms with E-state index in [1.54, 1.807) is 12.1 Å². The van der Waals surface area contributed by atoms with E-state index in [0.717, 1.165) is 25.9 Å². The Bertz CT molecular complexity index is 472. The van der Waals surface area contributed by atoms with Crippen LogP contribution < -0.4 is 0 Å². The SMILES string of the molecule is O=C(c1ccc(Br)o1)N1CCC(N2CCCCCC2)CC1. The second-order valence-corrected chi connectivity index (χ2v) is 6.86. The summed E-state index contributed by atoms with van der Waals surface area (Å²) < 4.78 is 5.99. The average molecular weight is 355 g/mol. The molecule has 2 aliphatic rings. The fourth-order valence-corrected chi connectivity index (χ4v) is 3.79. The molecule has 0 atom stereocenters. The molecule has 3 heterocycles. The van der Waals surface area contributed by atoms with Crippen LogP contribution in [0.3, 0.4) is 0 Å². The topological polar surface area (TPSA) is 36.7 Å². The Kier molecular flexibility index (Phi) is 5.01.